The van der Waals surface area contributed by atoms with Crippen LogP contribution in [0.4, 0.5) is 4.79 Å². The fourth-order valence-corrected chi connectivity index (χ4v) is 2.92. The van der Waals surface area contributed by atoms with Crippen LogP contribution in [0, 0.1) is 13.8 Å². The maximum Gasteiger partial charge on any atom is 0.316 e. The molecule has 1 aromatic rings. The molecule has 19 heavy (non-hydrogen) atoms. The Morgan fingerprint density at radius 1 is 1.32 bits per heavy atom. The molecule has 0 radical (unpaired) electrons. The number of nitrogens with zero attached hydrogens (tertiary/aromatic N) is 2. The van der Waals surface area contributed by atoms with Gasteiger partial charge in [-0.15, -0.1) is 0 Å². The Kier molecular flexibility index (Phi) is 4.90. The van der Waals surface area contributed by atoms with Gasteiger partial charge < -0.3 is 10.2 Å². The molecular weight excluding hydrogens is 270 g/mol. The first-order valence-electron chi connectivity index (χ1n) is 5.72. The van der Waals surface area contributed by atoms with Crippen molar-refractivity contribution in [2.24, 2.45) is 0 Å². The summed E-state index contributed by atoms with van der Waals surface area (Å²) in [5.41, 5.74) is 0.907. The van der Waals surface area contributed by atoms with Crippen molar-refractivity contribution in [3.8, 4) is 0 Å². The quantitative estimate of drug-likeness (QED) is 0.640. The van der Waals surface area contributed by atoms with E-state index >= 15 is 0 Å². The van der Waals surface area contributed by atoms with Crippen molar-refractivity contribution in [3.63, 3.8) is 0 Å². The van der Waals surface area contributed by atoms with Crippen molar-refractivity contribution < 1.29 is 13.2 Å². The molecule has 0 saturated carbocycles. The van der Waals surface area contributed by atoms with Crippen molar-refractivity contribution in [3.05, 3.63) is 11.4 Å². The third-order valence-corrected chi connectivity index (χ3v) is 4.15. The van der Waals surface area contributed by atoms with E-state index in [2.05, 4.69) is 20.2 Å². The van der Waals surface area contributed by atoms with E-state index in [4.69, 9.17) is 0 Å². The van der Waals surface area contributed by atoms with Gasteiger partial charge in [0.1, 0.15) is 4.90 Å². The van der Waals surface area contributed by atoms with Crippen molar-refractivity contribution in [1.29, 1.82) is 0 Å². The summed E-state index contributed by atoms with van der Waals surface area (Å²) in [6, 6.07) is -0.269. The molecule has 0 unspecified atom stereocenters. The van der Waals surface area contributed by atoms with Gasteiger partial charge in [-0.2, -0.15) is 5.10 Å². The van der Waals surface area contributed by atoms with E-state index in [1.165, 1.54) is 4.90 Å². The number of aryl methyl sites for hydroxylation is 2. The number of rotatable bonds is 5. The fourth-order valence-electron chi connectivity index (χ4n) is 1.52. The number of carbonyl (C=O) groups is 1. The molecule has 0 spiro atoms. The second-order valence-corrected chi connectivity index (χ2v) is 5.99. The minimum Gasteiger partial charge on any atom is -0.337 e. The molecule has 108 valence electrons. The Labute approximate surface area is 112 Å². The Balaban J connectivity index is 2.56. The van der Waals surface area contributed by atoms with Crippen LogP contribution in [0.5, 0.6) is 0 Å². The summed E-state index contributed by atoms with van der Waals surface area (Å²) in [5.74, 6) is 0. The van der Waals surface area contributed by atoms with Crippen LogP contribution in [0.25, 0.3) is 0 Å². The molecule has 1 rings (SSSR count). The normalized spacial score (nSPS) is 11.4. The first-order chi connectivity index (χ1) is 8.75. The van der Waals surface area contributed by atoms with Crippen molar-refractivity contribution >= 4 is 16.1 Å². The molecule has 9 heteroatoms. The Morgan fingerprint density at radius 2 is 1.95 bits per heavy atom. The summed E-state index contributed by atoms with van der Waals surface area (Å²) in [6.45, 7) is 3.59. The summed E-state index contributed by atoms with van der Waals surface area (Å²) >= 11 is 0. The highest BCUT2D eigenvalue weighted by molar-refractivity contribution is 7.89. The topological polar surface area (TPSA) is 107 Å². The Bertz CT molecular complexity index is 530. The number of aromatic amines is 1. The molecule has 0 aliphatic heterocycles. The molecule has 0 bridgehead atoms. The zero-order valence-electron chi connectivity index (χ0n) is 11.4. The van der Waals surface area contributed by atoms with E-state index in [1.54, 1.807) is 27.9 Å². The zero-order valence-corrected chi connectivity index (χ0v) is 12.3. The highest BCUT2D eigenvalue weighted by atomic mass is 32.2. The van der Waals surface area contributed by atoms with E-state index < -0.39 is 10.0 Å². The van der Waals surface area contributed by atoms with E-state index in [1.807, 2.05) is 0 Å². The van der Waals surface area contributed by atoms with Gasteiger partial charge in [0.05, 0.1) is 11.4 Å². The average Bonchev–Trinajstić information content (AvgIpc) is 2.64. The monoisotopic (exact) mass is 289 g/mol. The molecule has 0 atom stereocenters. The Morgan fingerprint density at radius 3 is 2.42 bits per heavy atom. The summed E-state index contributed by atoms with van der Waals surface area (Å²) in [5, 5.41) is 9.03. The van der Waals surface area contributed by atoms with Gasteiger partial charge in [0.2, 0.25) is 10.0 Å². The van der Waals surface area contributed by atoms with Crippen molar-refractivity contribution in [2.45, 2.75) is 18.7 Å². The number of nitrogens with one attached hydrogen (secondary N) is 3. The maximum atomic E-state index is 12.0. The van der Waals surface area contributed by atoms with Gasteiger partial charge >= 0.3 is 6.03 Å². The third-order valence-electron chi connectivity index (χ3n) is 2.43. The number of urea groups is 1. The molecule has 2 amide bonds. The van der Waals surface area contributed by atoms with Crippen LogP contribution in [-0.4, -0.2) is 56.7 Å². The number of aromatic nitrogens is 2. The zero-order chi connectivity index (χ0) is 14.6. The first-order valence-corrected chi connectivity index (χ1v) is 7.20. The summed E-state index contributed by atoms with van der Waals surface area (Å²) in [7, 11) is -0.387. The van der Waals surface area contributed by atoms with E-state index in [9.17, 15) is 13.2 Å². The second-order valence-electron chi connectivity index (χ2n) is 4.29. The minimum atomic E-state index is -3.61. The molecule has 8 nitrogen and oxygen atoms in total. The maximum absolute atomic E-state index is 12.0. The lowest BCUT2D eigenvalue weighted by molar-refractivity contribution is 0.217. The molecule has 1 heterocycles. The van der Waals surface area contributed by atoms with Gasteiger partial charge in [0, 0.05) is 27.2 Å². The predicted octanol–water partition coefficient (Wildman–Crippen LogP) is -0.424. The van der Waals surface area contributed by atoms with Crippen LogP contribution in [0.1, 0.15) is 11.4 Å². The first kappa shape index (κ1) is 15.4. The molecule has 3 N–H and O–H groups in total. The van der Waals surface area contributed by atoms with Crippen LogP contribution in [0.2, 0.25) is 0 Å². The van der Waals surface area contributed by atoms with E-state index in [0.29, 0.717) is 11.4 Å². The lowest BCUT2D eigenvalue weighted by atomic mass is 10.4. The molecule has 0 aromatic carbocycles. The van der Waals surface area contributed by atoms with Gasteiger partial charge in [0.25, 0.3) is 0 Å². The predicted molar refractivity (Wildman–Crippen MR) is 70.3 cm³/mol. The van der Waals surface area contributed by atoms with Crippen LogP contribution < -0.4 is 10.0 Å². The summed E-state index contributed by atoms with van der Waals surface area (Å²) < 4.78 is 26.5. The average molecular weight is 289 g/mol. The highest BCUT2D eigenvalue weighted by Gasteiger charge is 2.21. The number of amides is 2. The number of hydrogen-bond acceptors (Lipinski definition) is 4. The third kappa shape index (κ3) is 3.93. The largest absolute Gasteiger partial charge is 0.337 e. The van der Waals surface area contributed by atoms with Crippen LogP contribution in [-0.2, 0) is 10.0 Å². The van der Waals surface area contributed by atoms with E-state index in [-0.39, 0.29) is 24.0 Å². The smallest absolute Gasteiger partial charge is 0.316 e. The fraction of sp³-hybridized carbons (Fsp3) is 0.600. The van der Waals surface area contributed by atoms with Crippen LogP contribution in [0.15, 0.2) is 4.90 Å². The van der Waals surface area contributed by atoms with Crippen LogP contribution in [0.3, 0.4) is 0 Å². The highest BCUT2D eigenvalue weighted by Crippen LogP contribution is 2.15. The van der Waals surface area contributed by atoms with Crippen molar-refractivity contribution in [2.75, 3.05) is 27.2 Å². The lowest BCUT2D eigenvalue weighted by Crippen LogP contribution is -2.39. The molecule has 0 saturated heterocycles. The van der Waals surface area contributed by atoms with E-state index in [0.717, 1.165) is 0 Å². The minimum absolute atomic E-state index is 0.117. The van der Waals surface area contributed by atoms with Gasteiger partial charge in [0.15, 0.2) is 0 Å². The van der Waals surface area contributed by atoms with Crippen molar-refractivity contribution in [1.82, 2.24) is 25.1 Å². The summed E-state index contributed by atoms with van der Waals surface area (Å²) in [4.78, 5) is 12.8. The van der Waals surface area contributed by atoms with Gasteiger partial charge in [-0.3, -0.25) is 5.10 Å². The van der Waals surface area contributed by atoms with Gasteiger partial charge in [-0.05, 0) is 13.8 Å². The molecule has 0 aliphatic carbocycles. The molecule has 1 aromatic heterocycles. The number of H-pyrrole nitrogens is 1. The lowest BCUT2D eigenvalue weighted by Gasteiger charge is -2.12. The SMILES string of the molecule is Cc1n[nH]c(C)c1S(=O)(=O)NCCNC(=O)N(C)C. The molecule has 0 fully saturated rings. The second kappa shape index (κ2) is 6.02. The standard InChI is InChI=1S/C10H19N5O3S/c1-7-9(8(2)14-13-7)19(17,18)12-6-5-11-10(16)15(3)4/h12H,5-6H2,1-4H3,(H,11,16)(H,13,14). The number of hydrogen-bond donors (Lipinski definition) is 3. The van der Waals surface area contributed by atoms with Gasteiger partial charge in [-0.25, -0.2) is 17.9 Å². The molecular formula is C10H19N5O3S. The number of sulfonamides is 1. The molecule has 0 aliphatic rings. The number of carbonyl (C=O) groups excluding carboxylic acids is 1. The van der Waals surface area contributed by atoms with Crippen LogP contribution >= 0.6 is 0 Å². The Hall–Kier alpha value is -1.61. The summed E-state index contributed by atoms with van der Waals surface area (Å²) in [6.07, 6.45) is 0. The van der Waals surface area contributed by atoms with Gasteiger partial charge in [-0.1, -0.05) is 0 Å².